The van der Waals surface area contributed by atoms with E-state index in [1.807, 2.05) is 0 Å². The fraction of sp³-hybridized carbons (Fsp3) is 0.429. The van der Waals surface area contributed by atoms with Crippen molar-refractivity contribution in [3.8, 4) is 11.8 Å². The predicted octanol–water partition coefficient (Wildman–Crippen LogP) is 3.82. The molecule has 0 nitrogen and oxygen atoms in total. The summed E-state index contributed by atoms with van der Waals surface area (Å²) >= 11 is 2.43. The van der Waals surface area contributed by atoms with E-state index >= 15 is 0 Å². The lowest BCUT2D eigenvalue weighted by Gasteiger charge is -1.99. The Hall–Kier alpha value is -0.490. The monoisotopic (exact) mass is 310 g/mol. The lowest BCUT2D eigenvalue weighted by Crippen LogP contribution is -1.86. The minimum absolute atomic E-state index is 0.697. The summed E-state index contributed by atoms with van der Waals surface area (Å²) in [6.45, 7) is 0. The fourth-order valence-corrected chi connectivity index (χ4v) is 1.87. The molecule has 0 saturated heterocycles. The molecule has 0 N–H and O–H groups in total. The second kappa shape index (κ2) is 5.55. The smallest absolute Gasteiger partial charge is 0.0248 e. The summed E-state index contributed by atoms with van der Waals surface area (Å²) < 4.78 is 1.23. The summed E-state index contributed by atoms with van der Waals surface area (Å²) in [5, 5.41) is 0. The maximum absolute atomic E-state index is 3.30. The fourth-order valence-electron chi connectivity index (χ4n) is 1.49. The molecular weight excluding hydrogens is 295 g/mol. The van der Waals surface area contributed by atoms with Crippen LogP contribution in [-0.2, 0) is 6.42 Å². The molecule has 1 fully saturated rings. The molecule has 2 rings (SSSR count). The number of halogens is 1. The minimum Gasteiger partial charge on any atom is -0.0945 e. The van der Waals surface area contributed by atoms with Crippen LogP contribution in [0.2, 0.25) is 0 Å². The number of hydrogen-bond donors (Lipinski definition) is 0. The molecular formula is C14H15I. The van der Waals surface area contributed by atoms with E-state index in [1.54, 1.807) is 0 Å². The number of aryl methyl sites for hydroxylation is 1. The van der Waals surface area contributed by atoms with Gasteiger partial charge in [0.25, 0.3) is 0 Å². The van der Waals surface area contributed by atoms with Crippen molar-refractivity contribution in [3.05, 3.63) is 35.4 Å². The van der Waals surface area contributed by atoms with Crippen molar-refractivity contribution in [3.63, 3.8) is 0 Å². The van der Waals surface area contributed by atoms with Crippen molar-refractivity contribution in [2.24, 2.45) is 5.92 Å². The Kier molecular flexibility index (Phi) is 4.08. The third-order valence-electron chi connectivity index (χ3n) is 2.52. The molecule has 1 aromatic rings. The molecule has 1 aliphatic carbocycles. The standard InChI is InChI=1S/C14H15I/c15-10-2-5-13-3-1-4-14(11-13)9-8-12-6-7-12/h1,3-4,11-12H,2,5-7,10H2. The van der Waals surface area contributed by atoms with Gasteiger partial charge in [0.1, 0.15) is 0 Å². The lowest BCUT2D eigenvalue weighted by atomic mass is 10.1. The van der Waals surface area contributed by atoms with Crippen LogP contribution in [0.15, 0.2) is 24.3 Å². The Balaban J connectivity index is 2.01. The van der Waals surface area contributed by atoms with Crippen molar-refractivity contribution in [1.82, 2.24) is 0 Å². The number of hydrogen-bond acceptors (Lipinski definition) is 0. The van der Waals surface area contributed by atoms with Gasteiger partial charge in [-0.1, -0.05) is 46.6 Å². The van der Waals surface area contributed by atoms with Crippen LogP contribution in [0.1, 0.15) is 30.4 Å². The molecule has 0 heterocycles. The molecule has 15 heavy (non-hydrogen) atoms. The summed E-state index contributed by atoms with van der Waals surface area (Å²) in [4.78, 5) is 0. The second-order valence-corrected chi connectivity index (χ2v) is 5.12. The maximum Gasteiger partial charge on any atom is 0.0248 e. The van der Waals surface area contributed by atoms with Crippen LogP contribution in [0.3, 0.4) is 0 Å². The average Bonchev–Trinajstić information content (AvgIpc) is 3.08. The van der Waals surface area contributed by atoms with Crippen LogP contribution in [0.4, 0.5) is 0 Å². The molecule has 0 aliphatic heterocycles. The van der Waals surface area contributed by atoms with Gasteiger partial charge in [-0.3, -0.25) is 0 Å². The molecule has 1 aliphatic rings. The molecule has 0 radical (unpaired) electrons. The SMILES string of the molecule is ICCCc1cccc(C#CC2CC2)c1. The van der Waals surface area contributed by atoms with Gasteiger partial charge in [-0.25, -0.2) is 0 Å². The van der Waals surface area contributed by atoms with Crippen molar-refractivity contribution >= 4 is 22.6 Å². The highest BCUT2D eigenvalue weighted by atomic mass is 127. The predicted molar refractivity (Wildman–Crippen MR) is 73.3 cm³/mol. The molecule has 0 aromatic heterocycles. The molecule has 1 saturated carbocycles. The maximum atomic E-state index is 3.30. The quantitative estimate of drug-likeness (QED) is 0.452. The van der Waals surface area contributed by atoms with Gasteiger partial charge in [-0.05, 0) is 47.8 Å². The van der Waals surface area contributed by atoms with Crippen molar-refractivity contribution in [1.29, 1.82) is 0 Å². The second-order valence-electron chi connectivity index (χ2n) is 4.04. The summed E-state index contributed by atoms with van der Waals surface area (Å²) in [6.07, 6.45) is 5.06. The normalized spacial score (nSPS) is 14.5. The topological polar surface area (TPSA) is 0 Å². The zero-order valence-corrected chi connectivity index (χ0v) is 11.0. The average molecular weight is 310 g/mol. The first-order valence-corrected chi connectivity index (χ1v) is 7.07. The van der Waals surface area contributed by atoms with Crippen LogP contribution >= 0.6 is 22.6 Å². The van der Waals surface area contributed by atoms with Gasteiger partial charge >= 0.3 is 0 Å². The molecule has 0 spiro atoms. The molecule has 0 atom stereocenters. The molecule has 1 aromatic carbocycles. The lowest BCUT2D eigenvalue weighted by molar-refractivity contribution is 0.945. The number of benzene rings is 1. The molecule has 0 amide bonds. The van der Waals surface area contributed by atoms with Crippen molar-refractivity contribution < 1.29 is 0 Å². The van der Waals surface area contributed by atoms with Crippen LogP contribution in [0, 0.1) is 17.8 Å². The van der Waals surface area contributed by atoms with Crippen molar-refractivity contribution in [2.45, 2.75) is 25.7 Å². The van der Waals surface area contributed by atoms with E-state index < -0.39 is 0 Å². The van der Waals surface area contributed by atoms with Crippen LogP contribution < -0.4 is 0 Å². The van der Waals surface area contributed by atoms with Gasteiger partial charge in [0.15, 0.2) is 0 Å². The van der Waals surface area contributed by atoms with E-state index in [-0.39, 0.29) is 0 Å². The zero-order chi connectivity index (χ0) is 10.5. The summed E-state index contributed by atoms with van der Waals surface area (Å²) in [5.41, 5.74) is 2.61. The summed E-state index contributed by atoms with van der Waals surface area (Å²) in [6, 6.07) is 8.68. The Morgan fingerprint density at radius 3 is 2.93 bits per heavy atom. The number of rotatable bonds is 3. The van der Waals surface area contributed by atoms with Gasteiger partial charge in [0.2, 0.25) is 0 Å². The van der Waals surface area contributed by atoms with Gasteiger partial charge < -0.3 is 0 Å². The summed E-state index contributed by atoms with van der Waals surface area (Å²) in [7, 11) is 0. The third kappa shape index (κ3) is 3.87. The molecule has 0 unspecified atom stereocenters. The van der Waals surface area contributed by atoms with E-state index in [4.69, 9.17) is 0 Å². The van der Waals surface area contributed by atoms with Crippen LogP contribution in [0.5, 0.6) is 0 Å². The zero-order valence-electron chi connectivity index (χ0n) is 8.80. The first-order chi connectivity index (χ1) is 7.38. The van der Waals surface area contributed by atoms with E-state index in [0.717, 1.165) is 0 Å². The minimum atomic E-state index is 0.697. The van der Waals surface area contributed by atoms with E-state index in [0.29, 0.717) is 5.92 Å². The van der Waals surface area contributed by atoms with Gasteiger partial charge in [0.05, 0.1) is 0 Å². The van der Waals surface area contributed by atoms with Gasteiger partial charge in [-0.2, -0.15) is 0 Å². The summed E-state index contributed by atoms with van der Waals surface area (Å²) in [5.74, 6) is 7.27. The first-order valence-electron chi connectivity index (χ1n) is 5.55. The highest BCUT2D eigenvalue weighted by molar-refractivity contribution is 14.1. The van der Waals surface area contributed by atoms with Crippen molar-refractivity contribution in [2.75, 3.05) is 4.43 Å². The highest BCUT2D eigenvalue weighted by Gasteiger charge is 2.17. The Morgan fingerprint density at radius 2 is 2.20 bits per heavy atom. The van der Waals surface area contributed by atoms with E-state index in [1.165, 1.54) is 41.2 Å². The third-order valence-corrected chi connectivity index (χ3v) is 3.29. The van der Waals surface area contributed by atoms with Gasteiger partial charge in [-0.15, -0.1) is 0 Å². The molecule has 78 valence electrons. The molecule has 1 heteroatoms. The molecule has 0 bridgehead atoms. The van der Waals surface area contributed by atoms with Crippen LogP contribution in [0.25, 0.3) is 0 Å². The highest BCUT2D eigenvalue weighted by Crippen LogP contribution is 2.27. The largest absolute Gasteiger partial charge is 0.0945 e. The first kappa shape index (κ1) is 11.0. The van der Waals surface area contributed by atoms with E-state index in [9.17, 15) is 0 Å². The number of alkyl halides is 1. The van der Waals surface area contributed by atoms with Crippen LogP contribution in [-0.4, -0.2) is 4.43 Å². The van der Waals surface area contributed by atoms with E-state index in [2.05, 4.69) is 58.7 Å². The Bertz CT molecular complexity index is 380. The Morgan fingerprint density at radius 1 is 1.33 bits per heavy atom. The Labute approximate surface area is 106 Å². The van der Waals surface area contributed by atoms with Gasteiger partial charge in [0, 0.05) is 11.5 Å².